The van der Waals surface area contributed by atoms with Crippen molar-refractivity contribution in [2.45, 2.75) is 38.0 Å². The third-order valence-corrected chi connectivity index (χ3v) is 7.33. The molecule has 7 nitrogen and oxygen atoms in total. The lowest BCUT2D eigenvalue weighted by Gasteiger charge is -2.37. The molecule has 23 heavy (non-hydrogen) atoms. The first-order valence-electron chi connectivity index (χ1n) is 8.33. The van der Waals surface area contributed by atoms with Crippen LogP contribution in [0.4, 0.5) is 0 Å². The molecule has 2 aliphatic heterocycles. The molecule has 1 atom stereocenters. The maximum Gasteiger partial charge on any atom is 0.199 e. The van der Waals surface area contributed by atoms with Gasteiger partial charge in [-0.25, -0.2) is 13.1 Å². The van der Waals surface area contributed by atoms with Crippen molar-refractivity contribution in [1.82, 2.24) is 24.1 Å². The number of hydrogen-bond acceptors (Lipinski definition) is 6. The van der Waals surface area contributed by atoms with Gasteiger partial charge in [-0.1, -0.05) is 0 Å². The molecule has 0 bridgehead atoms. The summed E-state index contributed by atoms with van der Waals surface area (Å²) in [7, 11) is -2.80. The molecule has 3 aliphatic rings. The van der Waals surface area contributed by atoms with Crippen LogP contribution in [0.5, 0.6) is 0 Å². The van der Waals surface area contributed by atoms with Gasteiger partial charge in [-0.2, -0.15) is 5.10 Å². The quantitative estimate of drug-likeness (QED) is 0.732. The second-order valence-corrected chi connectivity index (χ2v) is 9.50. The predicted molar refractivity (Wildman–Crippen MR) is 89.5 cm³/mol. The van der Waals surface area contributed by atoms with Crippen LogP contribution in [0.25, 0.3) is 0 Å². The average Bonchev–Trinajstić information content (AvgIpc) is 3.21. The van der Waals surface area contributed by atoms with Crippen molar-refractivity contribution in [2.24, 2.45) is 0 Å². The van der Waals surface area contributed by atoms with Crippen molar-refractivity contribution in [3.63, 3.8) is 0 Å². The molecule has 1 aromatic rings. The van der Waals surface area contributed by atoms with Crippen LogP contribution in [0.1, 0.15) is 25.3 Å². The van der Waals surface area contributed by atoms with Gasteiger partial charge in [-0.3, -0.25) is 9.80 Å². The standard InChI is InChI=1S/C14H23N5O2S2/c20-23(21)8-3-13(9-23)17-6-4-16(5-7-17)11-19-14(22)18(10-15-19)12-1-2-12/h10,12-13H,1-9,11H2/t13-/m0/s1. The van der Waals surface area contributed by atoms with E-state index in [-0.39, 0.29) is 6.04 Å². The highest BCUT2D eigenvalue weighted by Gasteiger charge is 2.33. The zero-order valence-corrected chi connectivity index (χ0v) is 14.8. The molecule has 1 aliphatic carbocycles. The number of aromatic nitrogens is 3. The van der Waals surface area contributed by atoms with Crippen LogP contribution in [0.15, 0.2) is 6.33 Å². The Morgan fingerprint density at radius 1 is 1.13 bits per heavy atom. The van der Waals surface area contributed by atoms with Gasteiger partial charge in [0, 0.05) is 38.3 Å². The molecule has 3 fully saturated rings. The number of sulfone groups is 1. The molecule has 3 heterocycles. The summed E-state index contributed by atoms with van der Waals surface area (Å²) < 4.78 is 28.1. The van der Waals surface area contributed by atoms with Crippen LogP contribution in [0.2, 0.25) is 0 Å². The maximum absolute atomic E-state index is 11.6. The van der Waals surface area contributed by atoms with Gasteiger partial charge < -0.3 is 4.57 Å². The van der Waals surface area contributed by atoms with Gasteiger partial charge in [0.1, 0.15) is 6.33 Å². The van der Waals surface area contributed by atoms with Gasteiger partial charge in [0.15, 0.2) is 14.6 Å². The molecular formula is C14H23N5O2S2. The molecule has 9 heteroatoms. The molecule has 0 radical (unpaired) electrons. The van der Waals surface area contributed by atoms with E-state index in [1.807, 2.05) is 11.0 Å². The minimum atomic E-state index is -2.80. The summed E-state index contributed by atoms with van der Waals surface area (Å²) in [4.78, 5) is 4.68. The van der Waals surface area contributed by atoms with Crippen molar-refractivity contribution >= 4 is 22.1 Å². The summed E-state index contributed by atoms with van der Waals surface area (Å²) in [5.74, 6) is 0.690. The summed E-state index contributed by atoms with van der Waals surface area (Å²) >= 11 is 5.51. The molecule has 2 saturated heterocycles. The van der Waals surface area contributed by atoms with E-state index in [2.05, 4.69) is 19.5 Å². The molecule has 0 amide bonds. The first-order chi connectivity index (χ1) is 11.0. The Kier molecular flexibility index (Phi) is 4.07. The Hall–Kier alpha value is -0.770. The molecule has 0 aromatic carbocycles. The number of piperazine rings is 1. The van der Waals surface area contributed by atoms with Crippen LogP contribution < -0.4 is 0 Å². The minimum absolute atomic E-state index is 0.221. The summed E-state index contributed by atoms with van der Waals surface area (Å²) in [5, 5.41) is 4.43. The lowest BCUT2D eigenvalue weighted by molar-refractivity contribution is 0.0807. The Morgan fingerprint density at radius 3 is 2.48 bits per heavy atom. The first kappa shape index (κ1) is 15.7. The van der Waals surface area contributed by atoms with E-state index in [1.54, 1.807) is 0 Å². The van der Waals surface area contributed by atoms with Crippen molar-refractivity contribution < 1.29 is 8.42 Å². The highest BCUT2D eigenvalue weighted by molar-refractivity contribution is 7.91. The Balaban J connectivity index is 1.32. The van der Waals surface area contributed by atoms with Crippen LogP contribution in [-0.4, -0.2) is 76.3 Å². The normalized spacial score (nSPS) is 29.1. The molecular weight excluding hydrogens is 334 g/mol. The van der Waals surface area contributed by atoms with Crippen LogP contribution >= 0.6 is 12.2 Å². The van der Waals surface area contributed by atoms with Gasteiger partial charge in [-0.05, 0) is 31.5 Å². The highest BCUT2D eigenvalue weighted by Crippen LogP contribution is 2.34. The van der Waals surface area contributed by atoms with Crippen LogP contribution in [0.3, 0.4) is 0 Å². The Morgan fingerprint density at radius 2 is 1.87 bits per heavy atom. The molecule has 0 N–H and O–H groups in total. The van der Waals surface area contributed by atoms with E-state index in [9.17, 15) is 8.42 Å². The van der Waals surface area contributed by atoms with Gasteiger partial charge >= 0.3 is 0 Å². The molecule has 1 saturated carbocycles. The Bertz CT molecular complexity index is 729. The summed E-state index contributed by atoms with van der Waals surface area (Å²) in [6.45, 7) is 4.46. The number of nitrogens with zero attached hydrogens (tertiary/aromatic N) is 5. The van der Waals surface area contributed by atoms with Crippen molar-refractivity contribution in [3.05, 3.63) is 11.1 Å². The van der Waals surface area contributed by atoms with E-state index in [4.69, 9.17) is 12.2 Å². The summed E-state index contributed by atoms with van der Waals surface area (Å²) in [5.41, 5.74) is 0. The number of rotatable bonds is 4. The summed E-state index contributed by atoms with van der Waals surface area (Å²) in [6.07, 6.45) is 5.07. The van der Waals surface area contributed by atoms with Crippen molar-refractivity contribution in [3.8, 4) is 0 Å². The largest absolute Gasteiger partial charge is 0.303 e. The van der Waals surface area contributed by atoms with Crippen molar-refractivity contribution in [2.75, 3.05) is 37.7 Å². The minimum Gasteiger partial charge on any atom is -0.303 e. The second kappa shape index (κ2) is 5.94. The van der Waals surface area contributed by atoms with Gasteiger partial charge in [0.2, 0.25) is 0 Å². The third kappa shape index (κ3) is 3.38. The topological polar surface area (TPSA) is 63.4 Å². The highest BCUT2D eigenvalue weighted by atomic mass is 32.2. The van der Waals surface area contributed by atoms with Gasteiger partial charge in [0.25, 0.3) is 0 Å². The zero-order valence-electron chi connectivity index (χ0n) is 13.2. The van der Waals surface area contributed by atoms with Crippen LogP contribution in [-0.2, 0) is 16.5 Å². The lowest BCUT2D eigenvalue weighted by Crippen LogP contribution is -2.50. The fourth-order valence-electron chi connectivity index (χ4n) is 3.57. The average molecular weight is 358 g/mol. The predicted octanol–water partition coefficient (Wildman–Crippen LogP) is 0.511. The lowest BCUT2D eigenvalue weighted by atomic mass is 10.2. The molecule has 0 spiro atoms. The van der Waals surface area contributed by atoms with E-state index in [1.165, 1.54) is 12.8 Å². The van der Waals surface area contributed by atoms with Gasteiger partial charge in [0.05, 0.1) is 18.2 Å². The van der Waals surface area contributed by atoms with Crippen LogP contribution in [0, 0.1) is 4.77 Å². The Labute approximate surface area is 141 Å². The maximum atomic E-state index is 11.6. The molecule has 1 aromatic heterocycles. The number of hydrogen-bond donors (Lipinski definition) is 0. The third-order valence-electron chi connectivity index (χ3n) is 5.16. The monoisotopic (exact) mass is 357 g/mol. The fraction of sp³-hybridized carbons (Fsp3) is 0.857. The molecule has 0 unspecified atom stereocenters. The molecule has 128 valence electrons. The fourth-order valence-corrected chi connectivity index (χ4v) is 5.64. The van der Waals surface area contributed by atoms with E-state index < -0.39 is 9.84 Å². The van der Waals surface area contributed by atoms with E-state index in [0.29, 0.717) is 17.5 Å². The smallest absolute Gasteiger partial charge is 0.199 e. The second-order valence-electron chi connectivity index (χ2n) is 6.90. The summed E-state index contributed by atoms with van der Waals surface area (Å²) in [6, 6.07) is 0.788. The van der Waals surface area contributed by atoms with Crippen molar-refractivity contribution in [1.29, 1.82) is 0 Å². The zero-order chi connectivity index (χ0) is 16.0. The van der Waals surface area contributed by atoms with E-state index >= 15 is 0 Å². The molecule has 4 rings (SSSR count). The SMILES string of the molecule is O=S1(=O)CC[C@H](N2CCN(Cn3ncn(C4CC4)c3=S)CC2)C1. The van der Waals surface area contributed by atoms with E-state index in [0.717, 1.165) is 44.0 Å². The van der Waals surface area contributed by atoms with Gasteiger partial charge in [-0.15, -0.1) is 0 Å². The first-order valence-corrected chi connectivity index (χ1v) is 10.6.